The molecule has 1 N–H and O–H groups in total. The summed E-state index contributed by atoms with van der Waals surface area (Å²) in [4.78, 5) is 14.6. The number of sulfonamides is 1. The predicted octanol–water partition coefficient (Wildman–Crippen LogP) is 1.55. The van der Waals surface area contributed by atoms with E-state index in [0.717, 1.165) is 23.7 Å². The standard InChI is InChI=1S/C22H28FN3O6S/c1-16-2-5-20(32-16)19(25-6-10-30-11-7-25)15-24-22(27)17-3-4-18(23)21(14-17)33(28,29)26-8-12-31-13-9-26/h2-5,14,19H,6-13,15H2,1H3,(H,24,27). The molecule has 1 aromatic heterocycles. The molecule has 0 bridgehead atoms. The number of rotatable bonds is 7. The number of hydrogen-bond acceptors (Lipinski definition) is 7. The van der Waals surface area contributed by atoms with Gasteiger partial charge in [-0.05, 0) is 37.3 Å². The molecule has 2 fully saturated rings. The van der Waals surface area contributed by atoms with Crippen molar-refractivity contribution in [1.82, 2.24) is 14.5 Å². The minimum Gasteiger partial charge on any atom is -0.465 e. The van der Waals surface area contributed by atoms with Gasteiger partial charge in [-0.2, -0.15) is 4.31 Å². The van der Waals surface area contributed by atoms with Gasteiger partial charge in [-0.15, -0.1) is 0 Å². The molecule has 4 rings (SSSR count). The van der Waals surface area contributed by atoms with E-state index in [9.17, 15) is 17.6 Å². The number of aryl methyl sites for hydroxylation is 1. The number of morpholine rings is 2. The summed E-state index contributed by atoms with van der Waals surface area (Å²) in [6, 6.07) is 6.93. The van der Waals surface area contributed by atoms with Crippen molar-refractivity contribution in [3.05, 3.63) is 53.2 Å². The highest BCUT2D eigenvalue weighted by molar-refractivity contribution is 7.89. The predicted molar refractivity (Wildman–Crippen MR) is 117 cm³/mol. The Kier molecular flexibility index (Phi) is 7.45. The van der Waals surface area contributed by atoms with Crippen molar-refractivity contribution in [2.24, 2.45) is 0 Å². The second-order valence-electron chi connectivity index (χ2n) is 7.98. The van der Waals surface area contributed by atoms with E-state index < -0.39 is 26.6 Å². The molecule has 0 spiro atoms. The number of nitrogens with zero attached hydrogens (tertiary/aromatic N) is 2. The van der Waals surface area contributed by atoms with Gasteiger partial charge in [0.15, 0.2) is 0 Å². The van der Waals surface area contributed by atoms with Crippen molar-refractivity contribution in [1.29, 1.82) is 0 Å². The Hall–Kier alpha value is -2.31. The lowest BCUT2D eigenvalue weighted by molar-refractivity contribution is 0.0117. The van der Waals surface area contributed by atoms with Gasteiger partial charge in [0, 0.05) is 38.3 Å². The lowest BCUT2D eigenvalue weighted by Crippen LogP contribution is -2.43. The quantitative estimate of drug-likeness (QED) is 0.640. The van der Waals surface area contributed by atoms with Crippen LogP contribution in [0.15, 0.2) is 39.6 Å². The third-order valence-electron chi connectivity index (χ3n) is 5.81. The molecule has 2 aromatic rings. The maximum atomic E-state index is 14.5. The third-order valence-corrected chi connectivity index (χ3v) is 7.73. The van der Waals surface area contributed by atoms with Crippen LogP contribution in [0.2, 0.25) is 0 Å². The second kappa shape index (κ2) is 10.3. The average Bonchev–Trinajstić information content (AvgIpc) is 3.26. The lowest BCUT2D eigenvalue weighted by Gasteiger charge is -2.33. The zero-order valence-electron chi connectivity index (χ0n) is 18.5. The number of halogens is 1. The van der Waals surface area contributed by atoms with Crippen LogP contribution in [0.25, 0.3) is 0 Å². The lowest BCUT2D eigenvalue weighted by atomic mass is 10.1. The summed E-state index contributed by atoms with van der Waals surface area (Å²) >= 11 is 0. The average molecular weight is 482 g/mol. The summed E-state index contributed by atoms with van der Waals surface area (Å²) in [7, 11) is -4.08. The number of ether oxygens (including phenoxy) is 2. The van der Waals surface area contributed by atoms with Crippen LogP contribution in [0, 0.1) is 12.7 Å². The van der Waals surface area contributed by atoms with Gasteiger partial charge >= 0.3 is 0 Å². The van der Waals surface area contributed by atoms with Crippen molar-refractivity contribution in [3.63, 3.8) is 0 Å². The summed E-state index contributed by atoms with van der Waals surface area (Å²) in [5.41, 5.74) is 0.0691. The molecule has 2 aliphatic heterocycles. The minimum absolute atomic E-state index is 0.0691. The van der Waals surface area contributed by atoms with E-state index in [-0.39, 0.29) is 44.5 Å². The zero-order valence-corrected chi connectivity index (χ0v) is 19.3. The molecule has 9 nitrogen and oxygen atoms in total. The van der Waals surface area contributed by atoms with Crippen LogP contribution < -0.4 is 5.32 Å². The monoisotopic (exact) mass is 481 g/mol. The van der Waals surface area contributed by atoms with Crippen molar-refractivity contribution < 1.29 is 31.5 Å². The Labute approximate surface area is 192 Å². The summed E-state index contributed by atoms with van der Waals surface area (Å²) in [6.07, 6.45) is 0. The molecule has 3 heterocycles. The molecule has 0 aliphatic carbocycles. The number of carbonyl (C=O) groups is 1. The van der Waals surface area contributed by atoms with Crippen molar-refractivity contribution >= 4 is 15.9 Å². The molecule has 2 aliphatic rings. The maximum Gasteiger partial charge on any atom is 0.251 e. The number of hydrogen-bond donors (Lipinski definition) is 1. The van der Waals surface area contributed by atoms with E-state index in [1.165, 1.54) is 10.4 Å². The zero-order chi connectivity index (χ0) is 23.4. The number of furan rings is 1. The van der Waals surface area contributed by atoms with Crippen LogP contribution in [0.4, 0.5) is 4.39 Å². The fourth-order valence-electron chi connectivity index (χ4n) is 3.99. The first-order chi connectivity index (χ1) is 15.9. The smallest absolute Gasteiger partial charge is 0.251 e. The molecule has 180 valence electrons. The fourth-order valence-corrected chi connectivity index (χ4v) is 5.49. The Morgan fingerprint density at radius 1 is 1.06 bits per heavy atom. The van der Waals surface area contributed by atoms with Crippen molar-refractivity contribution in [3.8, 4) is 0 Å². The van der Waals surface area contributed by atoms with Gasteiger partial charge in [0.25, 0.3) is 5.91 Å². The van der Waals surface area contributed by atoms with E-state index >= 15 is 0 Å². The Morgan fingerprint density at radius 2 is 1.73 bits per heavy atom. The van der Waals surface area contributed by atoms with Crippen LogP contribution in [-0.4, -0.2) is 82.7 Å². The Morgan fingerprint density at radius 3 is 2.36 bits per heavy atom. The van der Waals surface area contributed by atoms with Crippen LogP contribution in [0.1, 0.15) is 27.9 Å². The molecule has 1 aromatic carbocycles. The minimum atomic E-state index is -4.08. The van der Waals surface area contributed by atoms with E-state index in [1.807, 2.05) is 19.1 Å². The second-order valence-corrected chi connectivity index (χ2v) is 9.89. The molecule has 2 saturated heterocycles. The molecular weight excluding hydrogens is 453 g/mol. The van der Waals surface area contributed by atoms with Gasteiger partial charge in [-0.25, -0.2) is 12.8 Å². The molecular formula is C22H28FN3O6S. The van der Waals surface area contributed by atoms with Gasteiger partial charge in [0.1, 0.15) is 22.2 Å². The van der Waals surface area contributed by atoms with Crippen LogP contribution >= 0.6 is 0 Å². The number of carbonyl (C=O) groups excluding carboxylic acids is 1. The van der Waals surface area contributed by atoms with E-state index in [0.29, 0.717) is 26.3 Å². The highest BCUT2D eigenvalue weighted by Crippen LogP contribution is 2.25. The molecule has 1 amide bonds. The SMILES string of the molecule is Cc1ccc(C(CNC(=O)c2ccc(F)c(S(=O)(=O)N3CCOCC3)c2)N2CCOCC2)o1. The summed E-state index contributed by atoms with van der Waals surface area (Å²) in [6.45, 7) is 5.44. The molecule has 1 atom stereocenters. The number of amides is 1. The molecule has 33 heavy (non-hydrogen) atoms. The highest BCUT2D eigenvalue weighted by atomic mass is 32.2. The van der Waals surface area contributed by atoms with Crippen LogP contribution in [0.3, 0.4) is 0 Å². The normalized spacial score (nSPS) is 19.3. The molecule has 0 radical (unpaired) electrons. The van der Waals surface area contributed by atoms with Crippen LogP contribution in [0.5, 0.6) is 0 Å². The van der Waals surface area contributed by atoms with Crippen molar-refractivity contribution in [2.45, 2.75) is 17.9 Å². The molecule has 0 saturated carbocycles. The summed E-state index contributed by atoms with van der Waals surface area (Å²) in [5.74, 6) is 0.112. The molecule has 11 heteroatoms. The summed E-state index contributed by atoms with van der Waals surface area (Å²) < 4.78 is 57.9. The Bertz CT molecular complexity index is 1080. The van der Waals surface area contributed by atoms with E-state index in [1.54, 1.807) is 0 Å². The van der Waals surface area contributed by atoms with Gasteiger partial charge < -0.3 is 19.2 Å². The fraction of sp³-hybridized carbons (Fsp3) is 0.500. The van der Waals surface area contributed by atoms with Gasteiger partial charge in [0.2, 0.25) is 10.0 Å². The van der Waals surface area contributed by atoms with Gasteiger partial charge in [-0.1, -0.05) is 0 Å². The number of benzene rings is 1. The van der Waals surface area contributed by atoms with Crippen molar-refractivity contribution in [2.75, 3.05) is 59.2 Å². The Balaban J connectivity index is 1.51. The largest absolute Gasteiger partial charge is 0.465 e. The topological polar surface area (TPSA) is 101 Å². The van der Waals surface area contributed by atoms with E-state index in [2.05, 4.69) is 10.2 Å². The first kappa shape index (κ1) is 23.8. The highest BCUT2D eigenvalue weighted by Gasteiger charge is 2.30. The summed E-state index contributed by atoms with van der Waals surface area (Å²) in [5, 5.41) is 2.85. The maximum absolute atomic E-state index is 14.5. The first-order valence-corrected chi connectivity index (χ1v) is 12.3. The first-order valence-electron chi connectivity index (χ1n) is 10.9. The van der Waals surface area contributed by atoms with E-state index in [4.69, 9.17) is 13.9 Å². The molecule has 1 unspecified atom stereocenters. The van der Waals surface area contributed by atoms with Gasteiger partial charge in [0.05, 0.1) is 32.5 Å². The van der Waals surface area contributed by atoms with Crippen LogP contribution in [-0.2, 0) is 19.5 Å². The third kappa shape index (κ3) is 5.44. The number of nitrogens with one attached hydrogen (secondary N) is 1. The van der Waals surface area contributed by atoms with Gasteiger partial charge in [-0.3, -0.25) is 9.69 Å².